The Morgan fingerprint density at radius 3 is 2.67 bits per heavy atom. The van der Waals surface area contributed by atoms with Crippen LogP contribution in [0.1, 0.15) is 45.7 Å². The van der Waals surface area contributed by atoms with Gasteiger partial charge in [-0.2, -0.15) is 0 Å². The van der Waals surface area contributed by atoms with Crippen molar-refractivity contribution in [3.05, 3.63) is 16.7 Å². The van der Waals surface area contributed by atoms with Gasteiger partial charge in [0.2, 0.25) is 5.91 Å². The average Bonchev–Trinajstić information content (AvgIpc) is 2.65. The smallest absolute Gasteiger partial charge is 0.221 e. The Kier molecular flexibility index (Phi) is 5.59. The van der Waals surface area contributed by atoms with E-state index < -0.39 is 0 Å². The zero-order valence-electron chi connectivity index (χ0n) is 11.6. The first-order valence-corrected chi connectivity index (χ1v) is 6.87. The van der Waals surface area contributed by atoms with Crippen molar-refractivity contribution < 1.29 is 4.79 Å². The van der Waals surface area contributed by atoms with Crippen LogP contribution in [0.3, 0.4) is 0 Å². The maximum Gasteiger partial charge on any atom is 0.221 e. The minimum Gasteiger partial charge on any atom is -0.356 e. The highest BCUT2D eigenvalue weighted by molar-refractivity contribution is 7.71. The zero-order valence-corrected chi connectivity index (χ0v) is 12.4. The van der Waals surface area contributed by atoms with Gasteiger partial charge >= 0.3 is 0 Å². The zero-order chi connectivity index (χ0) is 13.7. The summed E-state index contributed by atoms with van der Waals surface area (Å²) in [7, 11) is 0. The summed E-state index contributed by atoms with van der Waals surface area (Å²) < 4.78 is 2.70. The third-order valence-electron chi connectivity index (χ3n) is 2.76. The van der Waals surface area contributed by atoms with Crippen LogP contribution in [0.5, 0.6) is 0 Å². The van der Waals surface area contributed by atoms with E-state index >= 15 is 0 Å². The molecule has 0 saturated carbocycles. The number of nitrogens with one attached hydrogen (secondary N) is 2. The molecule has 0 unspecified atom stereocenters. The molecule has 1 heterocycles. The monoisotopic (exact) mass is 269 g/mol. The molecular formula is C13H23N3OS. The largest absolute Gasteiger partial charge is 0.356 e. The van der Waals surface area contributed by atoms with Gasteiger partial charge in [0.1, 0.15) is 0 Å². The number of amides is 1. The van der Waals surface area contributed by atoms with Crippen LogP contribution in [0.15, 0.2) is 6.20 Å². The molecule has 0 aromatic carbocycles. The van der Waals surface area contributed by atoms with Gasteiger partial charge in [0.25, 0.3) is 0 Å². The fourth-order valence-electron chi connectivity index (χ4n) is 1.74. The van der Waals surface area contributed by atoms with Crippen LogP contribution in [0.2, 0.25) is 0 Å². The van der Waals surface area contributed by atoms with E-state index in [0.717, 1.165) is 12.2 Å². The molecule has 102 valence electrons. The first-order valence-electron chi connectivity index (χ1n) is 6.46. The molecule has 0 aliphatic rings. The predicted octanol–water partition coefficient (Wildman–Crippen LogP) is 2.83. The minimum absolute atomic E-state index is 0.0847. The van der Waals surface area contributed by atoms with Crippen molar-refractivity contribution >= 4 is 18.1 Å². The summed E-state index contributed by atoms with van der Waals surface area (Å²) in [5.41, 5.74) is 1.15. The van der Waals surface area contributed by atoms with E-state index in [1.54, 1.807) is 0 Å². The van der Waals surface area contributed by atoms with Crippen LogP contribution in [0.25, 0.3) is 0 Å². The maximum atomic E-state index is 11.7. The Hall–Kier alpha value is -1.10. The number of imidazole rings is 1. The molecule has 1 aromatic heterocycles. The normalized spacial score (nSPS) is 11.2. The van der Waals surface area contributed by atoms with Gasteiger partial charge in [-0.05, 0) is 24.1 Å². The molecule has 0 aliphatic heterocycles. The lowest BCUT2D eigenvalue weighted by Gasteiger charge is -2.11. The van der Waals surface area contributed by atoms with Crippen molar-refractivity contribution in [1.29, 1.82) is 0 Å². The first kappa shape index (κ1) is 15.0. The number of aromatic amines is 1. The fraction of sp³-hybridized carbons (Fsp3) is 0.692. The van der Waals surface area contributed by atoms with E-state index in [1.807, 2.05) is 10.8 Å². The molecule has 1 rings (SSSR count). The molecule has 18 heavy (non-hydrogen) atoms. The molecule has 0 saturated heterocycles. The van der Waals surface area contributed by atoms with Crippen molar-refractivity contribution in [2.24, 2.45) is 5.92 Å². The quantitative estimate of drug-likeness (QED) is 0.780. The second kappa shape index (κ2) is 6.73. The summed E-state index contributed by atoms with van der Waals surface area (Å²) >= 11 is 5.23. The number of hydrogen-bond donors (Lipinski definition) is 2. The molecule has 0 spiro atoms. The van der Waals surface area contributed by atoms with Crippen LogP contribution >= 0.6 is 12.2 Å². The summed E-state index contributed by atoms with van der Waals surface area (Å²) in [6, 6.07) is 0. The average molecular weight is 269 g/mol. The third kappa shape index (κ3) is 4.29. The summed E-state index contributed by atoms with van der Waals surface area (Å²) in [5, 5.41) is 2.92. The number of nitrogens with zero attached hydrogens (tertiary/aromatic N) is 1. The minimum atomic E-state index is 0.0847. The fourth-order valence-corrected chi connectivity index (χ4v) is 1.99. The molecule has 0 atom stereocenters. The summed E-state index contributed by atoms with van der Waals surface area (Å²) in [6.07, 6.45) is 2.40. The molecule has 0 aliphatic carbocycles. The lowest BCUT2D eigenvalue weighted by molar-refractivity contribution is -0.121. The number of rotatable bonds is 6. The van der Waals surface area contributed by atoms with E-state index in [0.29, 0.717) is 29.6 Å². The summed E-state index contributed by atoms with van der Waals surface area (Å²) in [4.78, 5) is 14.7. The third-order valence-corrected chi connectivity index (χ3v) is 3.10. The van der Waals surface area contributed by atoms with Crippen LogP contribution < -0.4 is 5.32 Å². The molecule has 4 nitrogen and oxygen atoms in total. The van der Waals surface area contributed by atoms with Crippen LogP contribution in [0, 0.1) is 10.7 Å². The SMILES string of the molecule is CC(C)CNC(=O)CCn1c(C(C)C)c[nH]c1=S. The first-order chi connectivity index (χ1) is 8.41. The van der Waals surface area contributed by atoms with Crippen molar-refractivity contribution in [3.8, 4) is 0 Å². The molecule has 1 aromatic rings. The number of H-pyrrole nitrogens is 1. The Morgan fingerprint density at radius 2 is 2.11 bits per heavy atom. The van der Waals surface area contributed by atoms with Crippen molar-refractivity contribution in [1.82, 2.24) is 14.9 Å². The Labute approximate surface area is 114 Å². The highest BCUT2D eigenvalue weighted by Gasteiger charge is 2.09. The van der Waals surface area contributed by atoms with Gasteiger partial charge in [0.05, 0.1) is 0 Å². The van der Waals surface area contributed by atoms with Crippen LogP contribution in [-0.2, 0) is 11.3 Å². The van der Waals surface area contributed by atoms with Gasteiger partial charge in [0, 0.05) is 31.4 Å². The van der Waals surface area contributed by atoms with Gasteiger partial charge in [-0.25, -0.2) is 0 Å². The standard InChI is InChI=1S/C13H23N3OS/c1-9(2)7-14-12(17)5-6-16-11(10(3)4)8-15-13(16)18/h8-10H,5-7H2,1-4H3,(H,14,17)(H,15,18). The number of aromatic nitrogens is 2. The van der Waals surface area contributed by atoms with Gasteiger partial charge in [-0.15, -0.1) is 0 Å². The summed E-state index contributed by atoms with van der Waals surface area (Å²) in [5.74, 6) is 0.966. The topological polar surface area (TPSA) is 49.8 Å². The second-order valence-corrected chi connectivity index (χ2v) is 5.66. The van der Waals surface area contributed by atoms with Crippen molar-refractivity contribution in [2.75, 3.05) is 6.54 Å². The molecule has 0 radical (unpaired) electrons. The molecule has 0 bridgehead atoms. The van der Waals surface area contributed by atoms with Crippen molar-refractivity contribution in [3.63, 3.8) is 0 Å². The van der Waals surface area contributed by atoms with Gasteiger partial charge < -0.3 is 14.9 Å². The van der Waals surface area contributed by atoms with E-state index in [-0.39, 0.29) is 5.91 Å². The molecule has 0 fully saturated rings. The summed E-state index contributed by atoms with van der Waals surface area (Å²) in [6.45, 7) is 9.77. The Morgan fingerprint density at radius 1 is 1.44 bits per heavy atom. The molecule has 2 N–H and O–H groups in total. The number of carbonyl (C=O) groups excluding carboxylic acids is 1. The molecular weight excluding hydrogens is 246 g/mol. The van der Waals surface area contributed by atoms with Gasteiger partial charge in [-0.1, -0.05) is 27.7 Å². The predicted molar refractivity (Wildman–Crippen MR) is 76.2 cm³/mol. The van der Waals surface area contributed by atoms with E-state index in [9.17, 15) is 4.79 Å². The highest BCUT2D eigenvalue weighted by atomic mass is 32.1. The Bertz CT molecular complexity index is 445. The lowest BCUT2D eigenvalue weighted by atomic mass is 10.1. The van der Waals surface area contributed by atoms with Crippen LogP contribution in [-0.4, -0.2) is 22.0 Å². The van der Waals surface area contributed by atoms with Gasteiger partial charge in [-0.3, -0.25) is 4.79 Å². The second-order valence-electron chi connectivity index (χ2n) is 5.27. The maximum absolute atomic E-state index is 11.7. The molecule has 1 amide bonds. The van der Waals surface area contributed by atoms with Gasteiger partial charge in [0.15, 0.2) is 4.77 Å². The number of carbonyl (C=O) groups is 1. The van der Waals surface area contributed by atoms with E-state index in [2.05, 4.69) is 38.0 Å². The van der Waals surface area contributed by atoms with Crippen molar-refractivity contribution in [2.45, 2.75) is 46.6 Å². The Balaban J connectivity index is 2.56. The van der Waals surface area contributed by atoms with E-state index in [4.69, 9.17) is 12.2 Å². The lowest BCUT2D eigenvalue weighted by Crippen LogP contribution is -2.28. The van der Waals surface area contributed by atoms with E-state index in [1.165, 1.54) is 0 Å². The number of hydrogen-bond acceptors (Lipinski definition) is 2. The van der Waals surface area contributed by atoms with Crippen LogP contribution in [0.4, 0.5) is 0 Å². The molecule has 5 heteroatoms. The highest BCUT2D eigenvalue weighted by Crippen LogP contribution is 2.14.